The number of likely N-dealkylation sites (N-methyl/N-ethyl adjacent to an activating group) is 1. The fourth-order valence-corrected chi connectivity index (χ4v) is 4.13. The van der Waals surface area contributed by atoms with Gasteiger partial charge in [-0.15, -0.1) is 11.8 Å². The number of carbonyl (C=O) groups excluding carboxylic acids is 2. The Morgan fingerprint density at radius 2 is 1.59 bits per heavy atom. The molecule has 0 fully saturated rings. The summed E-state index contributed by atoms with van der Waals surface area (Å²) in [6.45, 7) is 10.9. The summed E-state index contributed by atoms with van der Waals surface area (Å²) in [6.07, 6.45) is 0. The highest BCUT2D eigenvalue weighted by Gasteiger charge is 2.25. The number of nitrogens with zero attached hydrogens (tertiary/aromatic N) is 1. The number of amides is 2. The van der Waals surface area contributed by atoms with Crippen molar-refractivity contribution in [2.75, 3.05) is 12.3 Å². The molecule has 0 aliphatic heterocycles. The van der Waals surface area contributed by atoms with Crippen LogP contribution in [0.25, 0.3) is 0 Å². The largest absolute Gasteiger partial charge is 0.355 e. The SMILES string of the molecule is CCNC(=O)[C@@H](C)N(Cc1ccc(C)cc1)C(=O)CSCc1cc(C)cc(C)c1. The second-order valence-electron chi connectivity index (χ2n) is 7.57. The van der Waals surface area contributed by atoms with Crippen molar-refractivity contribution in [1.29, 1.82) is 0 Å². The number of hydrogen-bond acceptors (Lipinski definition) is 3. The third-order valence-electron chi connectivity index (χ3n) is 4.77. The Kier molecular flexibility index (Phi) is 8.77. The summed E-state index contributed by atoms with van der Waals surface area (Å²) in [6, 6.07) is 14.1. The van der Waals surface area contributed by atoms with Gasteiger partial charge in [-0.3, -0.25) is 9.59 Å². The van der Waals surface area contributed by atoms with E-state index < -0.39 is 6.04 Å². The highest BCUT2D eigenvalue weighted by atomic mass is 32.2. The van der Waals surface area contributed by atoms with Gasteiger partial charge in [-0.2, -0.15) is 0 Å². The maximum atomic E-state index is 13.0. The molecular weight excluding hydrogens is 380 g/mol. The number of rotatable bonds is 9. The van der Waals surface area contributed by atoms with E-state index in [1.54, 1.807) is 23.6 Å². The van der Waals surface area contributed by atoms with Crippen molar-refractivity contribution >= 4 is 23.6 Å². The molecule has 0 aliphatic rings. The van der Waals surface area contributed by atoms with Crippen LogP contribution in [0.5, 0.6) is 0 Å². The molecule has 1 N–H and O–H groups in total. The van der Waals surface area contributed by atoms with Gasteiger partial charge in [0.05, 0.1) is 5.75 Å². The number of nitrogens with one attached hydrogen (secondary N) is 1. The van der Waals surface area contributed by atoms with E-state index >= 15 is 0 Å². The molecule has 2 aromatic carbocycles. The predicted molar refractivity (Wildman–Crippen MR) is 122 cm³/mol. The molecule has 2 amide bonds. The van der Waals surface area contributed by atoms with E-state index in [1.807, 2.05) is 38.1 Å². The monoisotopic (exact) mass is 412 g/mol. The Morgan fingerprint density at radius 1 is 0.966 bits per heavy atom. The Labute approximate surface area is 179 Å². The lowest BCUT2D eigenvalue weighted by atomic mass is 10.1. The average molecular weight is 413 g/mol. The molecule has 1 atom stereocenters. The number of hydrogen-bond donors (Lipinski definition) is 1. The highest BCUT2D eigenvalue weighted by molar-refractivity contribution is 7.99. The van der Waals surface area contributed by atoms with Gasteiger partial charge in [-0.1, -0.05) is 59.2 Å². The van der Waals surface area contributed by atoms with Crippen LogP contribution in [0.4, 0.5) is 0 Å². The van der Waals surface area contributed by atoms with Crippen LogP contribution in [-0.4, -0.2) is 35.1 Å². The molecule has 0 spiro atoms. The molecule has 29 heavy (non-hydrogen) atoms. The zero-order valence-electron chi connectivity index (χ0n) is 18.1. The van der Waals surface area contributed by atoms with Gasteiger partial charge < -0.3 is 10.2 Å². The molecule has 0 aromatic heterocycles. The van der Waals surface area contributed by atoms with Crippen molar-refractivity contribution in [2.24, 2.45) is 0 Å². The third kappa shape index (κ3) is 7.24. The van der Waals surface area contributed by atoms with Crippen molar-refractivity contribution in [3.8, 4) is 0 Å². The van der Waals surface area contributed by atoms with Crippen molar-refractivity contribution in [2.45, 2.75) is 53.0 Å². The summed E-state index contributed by atoms with van der Waals surface area (Å²) in [7, 11) is 0. The van der Waals surface area contributed by atoms with Crippen LogP contribution in [0, 0.1) is 20.8 Å². The smallest absolute Gasteiger partial charge is 0.242 e. The molecule has 0 saturated heterocycles. The lowest BCUT2D eigenvalue weighted by molar-refractivity contribution is -0.138. The van der Waals surface area contributed by atoms with Gasteiger partial charge >= 0.3 is 0 Å². The lowest BCUT2D eigenvalue weighted by Crippen LogP contribution is -2.48. The molecule has 2 rings (SSSR count). The van der Waals surface area contributed by atoms with Gasteiger partial charge in [-0.05, 0) is 45.7 Å². The molecule has 4 nitrogen and oxygen atoms in total. The van der Waals surface area contributed by atoms with Crippen LogP contribution in [0.1, 0.15) is 41.7 Å². The van der Waals surface area contributed by atoms with Crippen molar-refractivity contribution in [3.05, 3.63) is 70.3 Å². The molecule has 0 saturated carbocycles. The van der Waals surface area contributed by atoms with Crippen LogP contribution < -0.4 is 5.32 Å². The summed E-state index contributed by atoms with van der Waals surface area (Å²) in [4.78, 5) is 27.1. The predicted octanol–water partition coefficient (Wildman–Crippen LogP) is 4.40. The second kappa shape index (κ2) is 11.1. The minimum Gasteiger partial charge on any atom is -0.355 e. The Bertz CT molecular complexity index is 813. The van der Waals surface area contributed by atoms with E-state index in [0.29, 0.717) is 18.8 Å². The lowest BCUT2D eigenvalue weighted by Gasteiger charge is -2.28. The number of benzene rings is 2. The van der Waals surface area contributed by atoms with Gasteiger partial charge in [0.25, 0.3) is 0 Å². The zero-order chi connectivity index (χ0) is 21.4. The highest BCUT2D eigenvalue weighted by Crippen LogP contribution is 2.18. The third-order valence-corrected chi connectivity index (χ3v) is 5.76. The van der Waals surface area contributed by atoms with E-state index in [2.05, 4.69) is 37.4 Å². The molecule has 2 aromatic rings. The number of aryl methyl sites for hydroxylation is 3. The Balaban J connectivity index is 2.06. The molecule has 0 radical (unpaired) electrons. The molecule has 156 valence electrons. The van der Waals surface area contributed by atoms with Gasteiger partial charge in [0.1, 0.15) is 6.04 Å². The van der Waals surface area contributed by atoms with Gasteiger partial charge in [0.15, 0.2) is 0 Å². The van der Waals surface area contributed by atoms with Crippen LogP contribution in [0.3, 0.4) is 0 Å². The summed E-state index contributed by atoms with van der Waals surface area (Å²) in [5.74, 6) is 0.996. The van der Waals surface area contributed by atoms with Gasteiger partial charge in [0, 0.05) is 18.8 Å². The van der Waals surface area contributed by atoms with E-state index in [-0.39, 0.29) is 11.8 Å². The first-order valence-corrected chi connectivity index (χ1v) is 11.2. The summed E-state index contributed by atoms with van der Waals surface area (Å²) >= 11 is 1.59. The quantitative estimate of drug-likeness (QED) is 0.664. The average Bonchev–Trinajstić information content (AvgIpc) is 2.66. The molecule has 5 heteroatoms. The van der Waals surface area contributed by atoms with Gasteiger partial charge in [0.2, 0.25) is 11.8 Å². The topological polar surface area (TPSA) is 49.4 Å². The summed E-state index contributed by atoms with van der Waals surface area (Å²) < 4.78 is 0. The normalized spacial score (nSPS) is 11.8. The molecule has 0 unspecified atom stereocenters. The first-order valence-electron chi connectivity index (χ1n) is 10.1. The Morgan fingerprint density at radius 3 is 2.17 bits per heavy atom. The summed E-state index contributed by atoms with van der Waals surface area (Å²) in [5, 5.41) is 2.83. The first-order chi connectivity index (χ1) is 13.8. The minimum absolute atomic E-state index is 0.0151. The summed E-state index contributed by atoms with van der Waals surface area (Å²) in [5.41, 5.74) is 5.89. The van der Waals surface area contributed by atoms with Crippen molar-refractivity contribution in [3.63, 3.8) is 0 Å². The van der Waals surface area contributed by atoms with Crippen LogP contribution >= 0.6 is 11.8 Å². The fourth-order valence-electron chi connectivity index (χ4n) is 3.29. The first kappa shape index (κ1) is 23.0. The molecule has 0 aliphatic carbocycles. The maximum Gasteiger partial charge on any atom is 0.242 e. The van der Waals surface area contributed by atoms with Crippen molar-refractivity contribution < 1.29 is 9.59 Å². The van der Waals surface area contributed by atoms with Gasteiger partial charge in [-0.25, -0.2) is 0 Å². The number of thioether (sulfide) groups is 1. The van der Waals surface area contributed by atoms with E-state index in [4.69, 9.17) is 0 Å². The van der Waals surface area contributed by atoms with E-state index in [0.717, 1.165) is 11.3 Å². The minimum atomic E-state index is -0.509. The van der Waals surface area contributed by atoms with Crippen molar-refractivity contribution in [1.82, 2.24) is 10.2 Å². The van der Waals surface area contributed by atoms with E-state index in [1.165, 1.54) is 22.3 Å². The van der Waals surface area contributed by atoms with Crippen LogP contribution in [-0.2, 0) is 21.9 Å². The molecule has 0 bridgehead atoms. The Hall–Kier alpha value is -2.27. The molecular formula is C24H32N2O2S. The molecule has 0 heterocycles. The van der Waals surface area contributed by atoms with Crippen LogP contribution in [0.2, 0.25) is 0 Å². The number of carbonyl (C=O) groups is 2. The van der Waals surface area contributed by atoms with E-state index in [9.17, 15) is 9.59 Å². The zero-order valence-corrected chi connectivity index (χ0v) is 18.9. The van der Waals surface area contributed by atoms with Crippen LogP contribution in [0.15, 0.2) is 42.5 Å². The maximum absolute atomic E-state index is 13.0. The second-order valence-corrected chi connectivity index (χ2v) is 8.55. The fraction of sp³-hybridized carbons (Fsp3) is 0.417. The standard InChI is InChI=1S/C24H32N2O2S/c1-6-25-24(28)20(5)26(14-21-9-7-17(2)8-10-21)23(27)16-29-15-22-12-18(3)11-19(4)13-22/h7-13,20H,6,14-16H2,1-5H3,(H,25,28)/t20-/m1/s1.